The van der Waals surface area contributed by atoms with Crippen LogP contribution in [-0.4, -0.2) is 69.7 Å². The van der Waals surface area contributed by atoms with E-state index in [1.807, 2.05) is 0 Å². The van der Waals surface area contributed by atoms with E-state index in [9.17, 15) is 26.3 Å². The molecule has 1 saturated heterocycles. The molecule has 1 aliphatic rings. The highest BCUT2D eigenvalue weighted by Gasteiger charge is 2.34. The van der Waals surface area contributed by atoms with Crippen LogP contribution < -0.4 is 20.1 Å². The Morgan fingerprint density at radius 3 is 2.45 bits per heavy atom. The van der Waals surface area contributed by atoms with Crippen molar-refractivity contribution in [1.29, 1.82) is 0 Å². The molecule has 6 nitrogen and oxygen atoms in total. The van der Waals surface area contributed by atoms with Gasteiger partial charge < -0.3 is 20.1 Å². The highest BCUT2D eigenvalue weighted by molar-refractivity contribution is 14.0. The van der Waals surface area contributed by atoms with Gasteiger partial charge in [0.05, 0.1) is 13.7 Å². The Balaban J connectivity index is 0.00000480. The van der Waals surface area contributed by atoms with E-state index in [1.165, 1.54) is 31.2 Å². The van der Waals surface area contributed by atoms with Gasteiger partial charge in [0.15, 0.2) is 24.1 Å². The summed E-state index contributed by atoms with van der Waals surface area (Å²) in [6.45, 7) is -1.51. The van der Waals surface area contributed by atoms with Gasteiger partial charge >= 0.3 is 12.4 Å². The molecule has 1 aromatic rings. The lowest BCUT2D eigenvalue weighted by atomic mass is 10.2. The van der Waals surface area contributed by atoms with Gasteiger partial charge in [-0.1, -0.05) is 6.07 Å². The number of nitrogens with zero attached hydrogens (tertiary/aromatic N) is 2. The summed E-state index contributed by atoms with van der Waals surface area (Å²) in [5.41, 5.74) is 0.694. The number of halogens is 7. The average Bonchev–Trinajstić information content (AvgIpc) is 3.07. The van der Waals surface area contributed by atoms with Gasteiger partial charge in [-0.25, -0.2) is 0 Å². The predicted molar refractivity (Wildman–Crippen MR) is 114 cm³/mol. The van der Waals surface area contributed by atoms with Crippen LogP contribution in [0.4, 0.5) is 26.3 Å². The number of alkyl halides is 6. The van der Waals surface area contributed by atoms with Crippen LogP contribution in [0.25, 0.3) is 0 Å². The molecule has 0 radical (unpaired) electrons. The molecule has 178 valence electrons. The van der Waals surface area contributed by atoms with Crippen LogP contribution in [0.5, 0.6) is 11.5 Å². The summed E-state index contributed by atoms with van der Waals surface area (Å²) < 4.78 is 84.3. The maximum Gasteiger partial charge on any atom is 0.422 e. The van der Waals surface area contributed by atoms with Gasteiger partial charge in [-0.2, -0.15) is 26.3 Å². The molecule has 1 atom stereocenters. The third-order valence-electron chi connectivity index (χ3n) is 4.32. The first-order chi connectivity index (χ1) is 14.0. The van der Waals surface area contributed by atoms with Crippen molar-refractivity contribution < 1.29 is 35.8 Å². The van der Waals surface area contributed by atoms with Gasteiger partial charge in [0.2, 0.25) is 0 Å². The Morgan fingerprint density at radius 2 is 1.87 bits per heavy atom. The normalized spacial score (nSPS) is 17.8. The molecule has 13 heteroatoms. The van der Waals surface area contributed by atoms with Gasteiger partial charge in [0, 0.05) is 32.7 Å². The van der Waals surface area contributed by atoms with Crippen molar-refractivity contribution >= 4 is 29.9 Å². The summed E-state index contributed by atoms with van der Waals surface area (Å²) >= 11 is 0. The maximum atomic E-state index is 12.5. The number of hydrogen-bond donors (Lipinski definition) is 2. The first-order valence-corrected chi connectivity index (χ1v) is 9.12. The van der Waals surface area contributed by atoms with E-state index >= 15 is 0 Å². The van der Waals surface area contributed by atoms with Crippen LogP contribution in [0.3, 0.4) is 0 Å². The SMILES string of the molecule is CN=C(NCc1ccc(OCC(F)(F)F)c(OC)c1)NC1CCN(CC(F)(F)F)C1.I. The maximum absolute atomic E-state index is 12.5. The molecule has 0 saturated carbocycles. The van der Waals surface area contributed by atoms with Crippen molar-refractivity contribution in [1.82, 2.24) is 15.5 Å². The van der Waals surface area contributed by atoms with Crippen molar-refractivity contribution in [2.24, 2.45) is 4.99 Å². The molecule has 0 bridgehead atoms. The van der Waals surface area contributed by atoms with Gasteiger partial charge in [-0.05, 0) is 24.1 Å². The summed E-state index contributed by atoms with van der Waals surface area (Å²) in [5, 5.41) is 6.10. The lowest BCUT2D eigenvalue weighted by Crippen LogP contribution is -2.44. The van der Waals surface area contributed by atoms with E-state index in [1.54, 1.807) is 6.07 Å². The zero-order chi connectivity index (χ0) is 22.4. The van der Waals surface area contributed by atoms with Crippen LogP contribution in [0.1, 0.15) is 12.0 Å². The minimum absolute atomic E-state index is 0. The molecule has 1 unspecified atom stereocenters. The van der Waals surface area contributed by atoms with Gasteiger partial charge in [-0.3, -0.25) is 9.89 Å². The van der Waals surface area contributed by atoms with E-state index in [-0.39, 0.29) is 54.6 Å². The molecule has 1 aliphatic heterocycles. The molecular weight excluding hydrogens is 545 g/mol. The van der Waals surface area contributed by atoms with Crippen molar-refractivity contribution in [2.45, 2.75) is 31.4 Å². The number of guanidine groups is 1. The number of nitrogens with one attached hydrogen (secondary N) is 2. The zero-order valence-corrected chi connectivity index (χ0v) is 19.3. The molecule has 1 heterocycles. The Hall–Kier alpha value is -1.64. The summed E-state index contributed by atoms with van der Waals surface area (Å²) in [5.74, 6) is 0.530. The van der Waals surface area contributed by atoms with Gasteiger partial charge in [0.1, 0.15) is 0 Å². The minimum Gasteiger partial charge on any atom is -0.493 e. The van der Waals surface area contributed by atoms with E-state index < -0.39 is 25.5 Å². The highest BCUT2D eigenvalue weighted by Crippen LogP contribution is 2.29. The van der Waals surface area contributed by atoms with Crippen molar-refractivity contribution in [3.8, 4) is 11.5 Å². The standard InChI is InChI=1S/C18H24F6N4O2.HI/c1-25-16(27-13-5-6-28(9-13)10-17(19,20)21)26-8-12-3-4-14(15(7-12)29-2)30-11-18(22,23)24;/h3-4,7,13H,5-6,8-11H2,1-2H3,(H2,25,26,27);1H. The molecule has 0 aromatic heterocycles. The summed E-state index contributed by atoms with van der Waals surface area (Å²) in [4.78, 5) is 5.38. The number of hydrogen-bond acceptors (Lipinski definition) is 4. The quantitative estimate of drug-likeness (QED) is 0.228. The minimum atomic E-state index is -4.46. The fourth-order valence-corrected chi connectivity index (χ4v) is 3.02. The lowest BCUT2D eigenvalue weighted by Gasteiger charge is -2.20. The smallest absolute Gasteiger partial charge is 0.422 e. The van der Waals surface area contributed by atoms with E-state index in [2.05, 4.69) is 15.6 Å². The molecule has 0 aliphatic carbocycles. The topological polar surface area (TPSA) is 58.1 Å². The number of benzene rings is 1. The Kier molecular flexibility index (Phi) is 10.5. The first kappa shape index (κ1) is 27.4. The largest absolute Gasteiger partial charge is 0.493 e. The third kappa shape index (κ3) is 10.0. The molecule has 1 fully saturated rings. The molecule has 2 N–H and O–H groups in total. The summed E-state index contributed by atoms with van der Waals surface area (Å²) in [6, 6.07) is 4.32. The third-order valence-corrected chi connectivity index (χ3v) is 4.32. The van der Waals surface area contributed by atoms with Crippen LogP contribution >= 0.6 is 24.0 Å². The fraction of sp³-hybridized carbons (Fsp3) is 0.611. The van der Waals surface area contributed by atoms with Crippen LogP contribution in [0.15, 0.2) is 23.2 Å². The highest BCUT2D eigenvalue weighted by atomic mass is 127. The number of rotatable bonds is 7. The molecule has 1 aromatic carbocycles. The Bertz CT molecular complexity index is 730. The number of likely N-dealkylation sites (tertiary alicyclic amines) is 1. The Labute approximate surface area is 193 Å². The van der Waals surface area contributed by atoms with Gasteiger partial charge in [-0.15, -0.1) is 24.0 Å². The number of ether oxygens (including phenoxy) is 2. The predicted octanol–water partition coefficient (Wildman–Crippen LogP) is 3.56. The number of aliphatic imine (C=N–C) groups is 1. The molecular formula is C18H25F6IN4O2. The molecule has 31 heavy (non-hydrogen) atoms. The zero-order valence-electron chi connectivity index (χ0n) is 16.9. The summed E-state index contributed by atoms with van der Waals surface area (Å²) in [7, 11) is 2.85. The lowest BCUT2D eigenvalue weighted by molar-refractivity contribution is -0.153. The fourth-order valence-electron chi connectivity index (χ4n) is 3.02. The molecule has 2 rings (SSSR count). The molecule has 0 spiro atoms. The second-order valence-electron chi connectivity index (χ2n) is 6.80. The monoisotopic (exact) mass is 570 g/mol. The van der Waals surface area contributed by atoms with Crippen molar-refractivity contribution in [3.63, 3.8) is 0 Å². The van der Waals surface area contributed by atoms with Crippen LogP contribution in [0.2, 0.25) is 0 Å². The first-order valence-electron chi connectivity index (χ1n) is 9.12. The summed E-state index contributed by atoms with van der Waals surface area (Å²) in [6.07, 6.45) is -8.14. The second-order valence-corrected chi connectivity index (χ2v) is 6.80. The molecule has 0 amide bonds. The van der Waals surface area contributed by atoms with Gasteiger partial charge in [0.25, 0.3) is 0 Å². The Morgan fingerprint density at radius 1 is 1.16 bits per heavy atom. The van der Waals surface area contributed by atoms with Crippen molar-refractivity contribution in [3.05, 3.63) is 23.8 Å². The second kappa shape index (κ2) is 11.8. The van der Waals surface area contributed by atoms with E-state index in [4.69, 9.17) is 9.47 Å². The van der Waals surface area contributed by atoms with E-state index in [0.717, 1.165) is 0 Å². The average molecular weight is 570 g/mol. The number of methoxy groups -OCH3 is 1. The van der Waals surface area contributed by atoms with Crippen molar-refractivity contribution in [2.75, 3.05) is 40.4 Å². The van der Waals surface area contributed by atoms with Crippen LogP contribution in [-0.2, 0) is 6.54 Å². The van der Waals surface area contributed by atoms with Crippen LogP contribution in [0, 0.1) is 0 Å². The van der Waals surface area contributed by atoms with E-state index in [0.29, 0.717) is 24.5 Å².